The Balaban J connectivity index is 1.86. The number of halogens is 1. The van der Waals surface area contributed by atoms with Gasteiger partial charge in [0.25, 0.3) is 5.91 Å². The van der Waals surface area contributed by atoms with Crippen molar-refractivity contribution in [3.63, 3.8) is 0 Å². The molecule has 0 spiro atoms. The molecule has 0 bridgehead atoms. The summed E-state index contributed by atoms with van der Waals surface area (Å²) in [6.45, 7) is 3.05. The maximum absolute atomic E-state index is 13.1. The highest BCUT2D eigenvalue weighted by Crippen LogP contribution is 2.43. The van der Waals surface area contributed by atoms with Gasteiger partial charge in [0.15, 0.2) is 0 Å². The number of aromatic nitrogens is 2. The van der Waals surface area contributed by atoms with Gasteiger partial charge in [0.2, 0.25) is 0 Å². The van der Waals surface area contributed by atoms with Crippen LogP contribution in [-0.4, -0.2) is 41.3 Å². The van der Waals surface area contributed by atoms with Crippen LogP contribution in [-0.2, 0) is 4.74 Å². The van der Waals surface area contributed by atoms with E-state index in [0.29, 0.717) is 18.8 Å². The van der Waals surface area contributed by atoms with E-state index in [1.54, 1.807) is 7.11 Å². The maximum atomic E-state index is 13.1. The molecule has 2 aromatic carbocycles. The average Bonchev–Trinajstić information content (AvgIpc) is 3.20. The monoisotopic (exact) mass is 425 g/mol. The number of hydrogen-bond acceptors (Lipinski definition) is 3. The molecule has 5 nitrogen and oxygen atoms in total. The first-order chi connectivity index (χ1) is 13.1. The SMILES string of the molecule is COCCN1C(=O)c2[nH]nc(-c3ccc(C)cc3)c2C1c1cccc(Br)c1. The summed E-state index contributed by atoms with van der Waals surface area (Å²) < 4.78 is 6.21. The first-order valence-electron chi connectivity index (χ1n) is 8.81. The molecule has 0 saturated carbocycles. The van der Waals surface area contributed by atoms with Crippen LogP contribution in [0.2, 0.25) is 0 Å². The molecule has 138 valence electrons. The molecule has 0 fully saturated rings. The van der Waals surface area contributed by atoms with Crippen molar-refractivity contribution < 1.29 is 9.53 Å². The van der Waals surface area contributed by atoms with Gasteiger partial charge < -0.3 is 9.64 Å². The Morgan fingerprint density at radius 1 is 1.22 bits per heavy atom. The fourth-order valence-electron chi connectivity index (χ4n) is 3.57. The molecule has 1 aliphatic heterocycles. The number of nitrogens with one attached hydrogen (secondary N) is 1. The summed E-state index contributed by atoms with van der Waals surface area (Å²) in [7, 11) is 1.65. The van der Waals surface area contributed by atoms with Crippen LogP contribution in [0.25, 0.3) is 11.3 Å². The van der Waals surface area contributed by atoms with Crippen molar-refractivity contribution in [2.75, 3.05) is 20.3 Å². The largest absolute Gasteiger partial charge is 0.383 e. The Morgan fingerprint density at radius 2 is 2.00 bits per heavy atom. The van der Waals surface area contributed by atoms with Crippen molar-refractivity contribution in [1.29, 1.82) is 0 Å². The predicted octanol–water partition coefficient (Wildman–Crippen LogP) is 4.34. The van der Waals surface area contributed by atoms with E-state index < -0.39 is 0 Å². The van der Waals surface area contributed by atoms with Crippen LogP contribution in [0, 0.1) is 6.92 Å². The molecule has 1 unspecified atom stereocenters. The van der Waals surface area contributed by atoms with Crippen molar-refractivity contribution in [2.24, 2.45) is 0 Å². The van der Waals surface area contributed by atoms with Crippen LogP contribution < -0.4 is 0 Å². The fourth-order valence-corrected chi connectivity index (χ4v) is 3.99. The summed E-state index contributed by atoms with van der Waals surface area (Å²) in [5, 5.41) is 7.46. The molecule has 0 saturated heterocycles. The Bertz CT molecular complexity index is 981. The number of benzene rings is 2. The minimum Gasteiger partial charge on any atom is -0.383 e. The molecule has 2 heterocycles. The second-order valence-electron chi connectivity index (χ2n) is 6.68. The summed E-state index contributed by atoms with van der Waals surface area (Å²) >= 11 is 3.55. The highest BCUT2D eigenvalue weighted by Gasteiger charge is 2.41. The summed E-state index contributed by atoms with van der Waals surface area (Å²) in [4.78, 5) is 14.9. The number of nitrogens with zero attached hydrogens (tertiary/aromatic N) is 2. The maximum Gasteiger partial charge on any atom is 0.273 e. The zero-order valence-electron chi connectivity index (χ0n) is 15.2. The highest BCUT2D eigenvalue weighted by molar-refractivity contribution is 9.10. The number of methoxy groups -OCH3 is 1. The van der Waals surface area contributed by atoms with Crippen LogP contribution in [0.4, 0.5) is 0 Å². The number of carbonyl (C=O) groups is 1. The van der Waals surface area contributed by atoms with Gasteiger partial charge in [-0.2, -0.15) is 5.10 Å². The summed E-state index contributed by atoms with van der Waals surface area (Å²) in [5.74, 6) is -0.0436. The van der Waals surface area contributed by atoms with Crippen LogP contribution >= 0.6 is 15.9 Å². The number of carbonyl (C=O) groups excluding carboxylic acids is 1. The smallest absolute Gasteiger partial charge is 0.273 e. The topological polar surface area (TPSA) is 58.2 Å². The van der Waals surface area contributed by atoms with Gasteiger partial charge in [0.1, 0.15) is 5.69 Å². The number of ether oxygens (including phenoxy) is 1. The summed E-state index contributed by atoms with van der Waals surface area (Å²) in [6.07, 6.45) is 0. The van der Waals surface area contributed by atoms with Gasteiger partial charge in [0, 0.05) is 29.3 Å². The minimum atomic E-state index is -0.199. The standard InChI is InChI=1S/C21H20BrN3O2/c1-13-6-8-14(9-7-13)18-17-19(24-23-18)21(26)25(10-11-27-2)20(17)15-4-3-5-16(22)12-15/h3-9,12,20H,10-11H2,1-2H3,(H,23,24). The first-order valence-corrected chi connectivity index (χ1v) is 9.60. The van der Waals surface area contributed by atoms with E-state index in [9.17, 15) is 4.79 Å². The molecule has 1 aliphatic rings. The van der Waals surface area contributed by atoms with Gasteiger partial charge in [-0.15, -0.1) is 0 Å². The Kier molecular flexibility index (Phi) is 4.85. The van der Waals surface area contributed by atoms with Crippen LogP contribution in [0.3, 0.4) is 0 Å². The normalized spacial score (nSPS) is 16.0. The Labute approximate surface area is 166 Å². The zero-order chi connectivity index (χ0) is 19.0. The van der Waals surface area contributed by atoms with E-state index in [-0.39, 0.29) is 11.9 Å². The van der Waals surface area contributed by atoms with Crippen LogP contribution in [0.15, 0.2) is 53.0 Å². The summed E-state index contributed by atoms with van der Waals surface area (Å²) in [6, 6.07) is 16.1. The zero-order valence-corrected chi connectivity index (χ0v) is 16.8. The van der Waals surface area contributed by atoms with E-state index in [0.717, 1.165) is 26.9 Å². The van der Waals surface area contributed by atoms with Crippen molar-refractivity contribution in [2.45, 2.75) is 13.0 Å². The number of H-pyrrole nitrogens is 1. The molecule has 1 amide bonds. The number of rotatable bonds is 5. The molecule has 0 radical (unpaired) electrons. The molecule has 27 heavy (non-hydrogen) atoms. The molecule has 3 aromatic rings. The van der Waals surface area contributed by atoms with Gasteiger partial charge in [-0.05, 0) is 24.6 Å². The third-order valence-electron chi connectivity index (χ3n) is 4.89. The molecule has 6 heteroatoms. The second-order valence-corrected chi connectivity index (χ2v) is 7.59. The minimum absolute atomic E-state index is 0.0436. The molecular formula is C21H20BrN3O2. The van der Waals surface area contributed by atoms with Crippen molar-refractivity contribution in [3.05, 3.63) is 75.4 Å². The predicted molar refractivity (Wildman–Crippen MR) is 108 cm³/mol. The van der Waals surface area contributed by atoms with E-state index in [1.165, 1.54) is 5.56 Å². The van der Waals surface area contributed by atoms with Crippen molar-refractivity contribution in [1.82, 2.24) is 15.1 Å². The lowest BCUT2D eigenvalue weighted by molar-refractivity contribution is 0.0677. The van der Waals surface area contributed by atoms with Gasteiger partial charge in [0.05, 0.1) is 18.3 Å². The van der Waals surface area contributed by atoms with E-state index in [2.05, 4.69) is 51.3 Å². The number of aryl methyl sites for hydroxylation is 1. The van der Waals surface area contributed by atoms with Gasteiger partial charge in [-0.25, -0.2) is 0 Å². The lowest BCUT2D eigenvalue weighted by Gasteiger charge is -2.26. The van der Waals surface area contributed by atoms with Gasteiger partial charge in [-0.3, -0.25) is 9.89 Å². The van der Waals surface area contributed by atoms with E-state index in [4.69, 9.17) is 4.74 Å². The lowest BCUT2D eigenvalue weighted by atomic mass is 9.96. The van der Waals surface area contributed by atoms with E-state index >= 15 is 0 Å². The Hall–Kier alpha value is -2.44. The highest BCUT2D eigenvalue weighted by atomic mass is 79.9. The van der Waals surface area contributed by atoms with Crippen molar-refractivity contribution in [3.8, 4) is 11.3 Å². The molecule has 1 N–H and O–H groups in total. The van der Waals surface area contributed by atoms with Gasteiger partial charge in [-0.1, -0.05) is 57.9 Å². The summed E-state index contributed by atoms with van der Waals surface area (Å²) in [5.41, 5.74) is 5.54. The van der Waals surface area contributed by atoms with Crippen LogP contribution in [0.5, 0.6) is 0 Å². The number of aromatic amines is 1. The molecule has 0 aliphatic carbocycles. The molecular weight excluding hydrogens is 406 g/mol. The quantitative estimate of drug-likeness (QED) is 0.661. The second kappa shape index (κ2) is 7.29. The number of fused-ring (bicyclic) bond motifs is 1. The van der Waals surface area contributed by atoms with Crippen LogP contribution in [0.1, 0.15) is 33.2 Å². The fraction of sp³-hybridized carbons (Fsp3) is 0.238. The third kappa shape index (κ3) is 3.19. The Morgan fingerprint density at radius 3 is 2.70 bits per heavy atom. The lowest BCUT2D eigenvalue weighted by Crippen LogP contribution is -2.32. The third-order valence-corrected chi connectivity index (χ3v) is 5.38. The van der Waals surface area contributed by atoms with Crippen molar-refractivity contribution >= 4 is 21.8 Å². The number of amides is 1. The molecule has 1 atom stereocenters. The molecule has 1 aromatic heterocycles. The van der Waals surface area contributed by atoms with E-state index in [1.807, 2.05) is 35.2 Å². The number of hydrogen-bond donors (Lipinski definition) is 1. The van der Waals surface area contributed by atoms with Gasteiger partial charge >= 0.3 is 0 Å². The first kappa shape index (κ1) is 17.9. The molecule has 4 rings (SSSR count). The average molecular weight is 426 g/mol.